The number of allylic oxidation sites excluding steroid dienone is 1. The highest BCUT2D eigenvalue weighted by atomic mass is 79.9. The van der Waals surface area contributed by atoms with Crippen LogP contribution < -0.4 is 0 Å². The lowest BCUT2D eigenvalue weighted by Crippen LogP contribution is -2.43. The number of hydrogen-bond acceptors (Lipinski definition) is 3. The number of nitrogens with zero attached hydrogens (tertiary/aromatic N) is 2. The molecule has 1 aromatic rings. The number of amides is 1. The van der Waals surface area contributed by atoms with Gasteiger partial charge in [-0.2, -0.15) is 0 Å². The average Bonchev–Trinajstić information content (AvgIpc) is 3.16. The highest BCUT2D eigenvalue weighted by Crippen LogP contribution is 2.31. The molecule has 2 heterocycles. The van der Waals surface area contributed by atoms with E-state index < -0.39 is 5.60 Å². The summed E-state index contributed by atoms with van der Waals surface area (Å²) in [4.78, 5) is 19.0. The number of aryl methyl sites for hydroxylation is 1. The van der Waals surface area contributed by atoms with Crippen molar-refractivity contribution in [2.45, 2.75) is 58.6 Å². The van der Waals surface area contributed by atoms with Crippen molar-refractivity contribution in [2.24, 2.45) is 4.99 Å². The van der Waals surface area contributed by atoms with Crippen molar-refractivity contribution in [2.75, 3.05) is 6.54 Å². The van der Waals surface area contributed by atoms with E-state index in [4.69, 9.17) is 4.74 Å². The van der Waals surface area contributed by atoms with E-state index in [1.807, 2.05) is 31.9 Å². The van der Waals surface area contributed by atoms with Crippen LogP contribution in [0.1, 0.15) is 51.2 Å². The molecule has 0 aliphatic carbocycles. The highest BCUT2D eigenvalue weighted by Gasteiger charge is 2.36. The van der Waals surface area contributed by atoms with Crippen molar-refractivity contribution in [3.8, 4) is 0 Å². The Kier molecular flexibility index (Phi) is 5.05. The summed E-state index contributed by atoms with van der Waals surface area (Å²) in [6.07, 6.45) is 4.47. The van der Waals surface area contributed by atoms with Crippen LogP contribution in [0, 0.1) is 6.92 Å². The van der Waals surface area contributed by atoms with Crippen molar-refractivity contribution in [1.29, 1.82) is 0 Å². The molecule has 25 heavy (non-hydrogen) atoms. The summed E-state index contributed by atoms with van der Waals surface area (Å²) in [5, 5.41) is 0. The Morgan fingerprint density at radius 2 is 2.12 bits per heavy atom. The molecule has 0 bridgehead atoms. The van der Waals surface area contributed by atoms with Crippen LogP contribution in [0.5, 0.6) is 0 Å². The SMILES string of the molecule is Cc1cc(C2=CN=C([C@@H]3CCCN3C(=O)OC(C)(C)C)C2)ccc1Br. The van der Waals surface area contributed by atoms with Crippen molar-refractivity contribution in [3.63, 3.8) is 0 Å². The van der Waals surface area contributed by atoms with Crippen molar-refractivity contribution in [3.05, 3.63) is 40.0 Å². The minimum absolute atomic E-state index is 0.0557. The molecule has 5 heteroatoms. The van der Waals surface area contributed by atoms with E-state index in [9.17, 15) is 4.79 Å². The van der Waals surface area contributed by atoms with E-state index in [-0.39, 0.29) is 12.1 Å². The third-order valence-corrected chi connectivity index (χ3v) is 5.44. The van der Waals surface area contributed by atoms with Crippen molar-refractivity contribution < 1.29 is 9.53 Å². The number of benzene rings is 1. The van der Waals surface area contributed by atoms with Crippen LogP contribution in [-0.2, 0) is 4.74 Å². The number of carbonyl (C=O) groups is 1. The lowest BCUT2D eigenvalue weighted by Gasteiger charge is -2.28. The highest BCUT2D eigenvalue weighted by molar-refractivity contribution is 9.10. The Morgan fingerprint density at radius 3 is 2.80 bits per heavy atom. The number of rotatable bonds is 2. The van der Waals surface area contributed by atoms with Crippen LogP contribution in [-0.4, -0.2) is 34.9 Å². The largest absolute Gasteiger partial charge is 0.444 e. The zero-order valence-electron chi connectivity index (χ0n) is 15.3. The Hall–Kier alpha value is -1.62. The Morgan fingerprint density at radius 1 is 1.36 bits per heavy atom. The molecular weight excluding hydrogens is 380 g/mol. The van der Waals surface area contributed by atoms with Crippen molar-refractivity contribution >= 4 is 33.3 Å². The number of carbonyl (C=O) groups excluding carboxylic acids is 1. The molecule has 2 aliphatic rings. The molecule has 0 aromatic heterocycles. The molecule has 0 radical (unpaired) electrons. The topological polar surface area (TPSA) is 41.9 Å². The summed E-state index contributed by atoms with van der Waals surface area (Å²) in [6.45, 7) is 8.53. The molecule has 2 aliphatic heterocycles. The lowest BCUT2D eigenvalue weighted by atomic mass is 9.98. The third-order valence-electron chi connectivity index (χ3n) is 4.55. The molecule has 1 saturated heterocycles. The normalized spacial score (nSPS) is 20.5. The molecular formula is C20H25BrN2O2. The maximum atomic E-state index is 12.5. The van der Waals surface area contributed by atoms with E-state index in [1.54, 1.807) is 0 Å². The quantitative estimate of drug-likeness (QED) is 0.666. The molecule has 0 N–H and O–H groups in total. The Bertz CT molecular complexity index is 747. The second kappa shape index (κ2) is 6.94. The summed E-state index contributed by atoms with van der Waals surface area (Å²) in [5.74, 6) is 0. The van der Waals surface area contributed by atoms with Crippen LogP contribution in [0.15, 0.2) is 33.9 Å². The van der Waals surface area contributed by atoms with Gasteiger partial charge in [-0.1, -0.05) is 28.1 Å². The van der Waals surface area contributed by atoms with E-state index in [0.29, 0.717) is 0 Å². The summed E-state index contributed by atoms with van der Waals surface area (Å²) < 4.78 is 6.68. The summed E-state index contributed by atoms with van der Waals surface area (Å²) in [6, 6.07) is 6.42. The number of likely N-dealkylation sites (tertiary alicyclic amines) is 1. The number of halogens is 1. The molecule has 1 aromatic carbocycles. The fourth-order valence-electron chi connectivity index (χ4n) is 3.32. The smallest absolute Gasteiger partial charge is 0.410 e. The molecule has 1 fully saturated rings. The second-order valence-electron chi connectivity index (χ2n) is 7.75. The molecule has 134 valence electrons. The molecule has 3 rings (SSSR count). The van der Waals surface area contributed by atoms with E-state index in [2.05, 4.69) is 46.0 Å². The summed E-state index contributed by atoms with van der Waals surface area (Å²) in [5.41, 5.74) is 4.21. The van der Waals surface area contributed by atoms with Crippen LogP contribution in [0.4, 0.5) is 4.79 Å². The number of aliphatic imine (C=N–C) groups is 1. The maximum Gasteiger partial charge on any atom is 0.410 e. The maximum absolute atomic E-state index is 12.5. The first-order chi connectivity index (χ1) is 11.7. The molecule has 1 atom stereocenters. The predicted octanol–water partition coefficient (Wildman–Crippen LogP) is 5.34. The average molecular weight is 405 g/mol. The first-order valence-electron chi connectivity index (χ1n) is 8.76. The Balaban J connectivity index is 1.69. The van der Waals surface area contributed by atoms with Gasteiger partial charge in [-0.3, -0.25) is 9.89 Å². The van der Waals surface area contributed by atoms with Gasteiger partial charge in [-0.05, 0) is 63.3 Å². The summed E-state index contributed by atoms with van der Waals surface area (Å²) >= 11 is 3.55. The van der Waals surface area contributed by atoms with E-state index >= 15 is 0 Å². The van der Waals surface area contributed by atoms with Crippen LogP contribution in [0.3, 0.4) is 0 Å². The minimum Gasteiger partial charge on any atom is -0.444 e. The van der Waals surface area contributed by atoms with Gasteiger partial charge >= 0.3 is 6.09 Å². The Labute approximate surface area is 158 Å². The molecule has 0 saturated carbocycles. The first-order valence-corrected chi connectivity index (χ1v) is 9.55. The first kappa shape index (κ1) is 18.2. The summed E-state index contributed by atoms with van der Waals surface area (Å²) in [7, 11) is 0. The van der Waals surface area contributed by atoms with E-state index in [1.165, 1.54) is 16.7 Å². The van der Waals surface area contributed by atoms with Crippen molar-refractivity contribution in [1.82, 2.24) is 4.90 Å². The van der Waals surface area contributed by atoms with Gasteiger partial charge in [0.1, 0.15) is 5.60 Å². The number of ether oxygens (including phenoxy) is 1. The van der Waals surface area contributed by atoms with Gasteiger partial charge in [-0.15, -0.1) is 0 Å². The fraction of sp³-hybridized carbons (Fsp3) is 0.500. The van der Waals surface area contributed by atoms with E-state index in [0.717, 1.165) is 36.0 Å². The zero-order chi connectivity index (χ0) is 18.2. The number of hydrogen-bond donors (Lipinski definition) is 0. The third kappa shape index (κ3) is 4.14. The minimum atomic E-state index is -0.472. The molecule has 0 spiro atoms. The van der Waals surface area contributed by atoms with Gasteiger partial charge in [0.15, 0.2) is 0 Å². The monoisotopic (exact) mass is 404 g/mol. The second-order valence-corrected chi connectivity index (χ2v) is 8.60. The fourth-order valence-corrected chi connectivity index (χ4v) is 3.57. The van der Waals surface area contributed by atoms with Crippen LogP contribution in [0.25, 0.3) is 5.57 Å². The molecule has 4 nitrogen and oxygen atoms in total. The standard InChI is InChI=1S/C20H25BrN2O2/c1-13-10-14(7-8-16(13)21)15-11-17(22-12-15)18-6-5-9-23(18)19(24)25-20(2,3)4/h7-8,10,12,18H,5-6,9,11H2,1-4H3/t18-/m0/s1. The van der Waals surface area contributed by atoms with Gasteiger partial charge in [0.2, 0.25) is 0 Å². The van der Waals surface area contributed by atoms with Crippen LogP contribution >= 0.6 is 15.9 Å². The molecule has 0 unspecified atom stereocenters. The van der Waals surface area contributed by atoms with Gasteiger partial charge in [0.25, 0.3) is 0 Å². The lowest BCUT2D eigenvalue weighted by molar-refractivity contribution is 0.0265. The molecule has 1 amide bonds. The van der Waals surface area contributed by atoms with Gasteiger partial charge < -0.3 is 4.74 Å². The van der Waals surface area contributed by atoms with Crippen LogP contribution in [0.2, 0.25) is 0 Å². The zero-order valence-corrected chi connectivity index (χ0v) is 16.9. The van der Waals surface area contributed by atoms with Gasteiger partial charge in [0, 0.05) is 29.3 Å². The van der Waals surface area contributed by atoms with Gasteiger partial charge in [0.05, 0.1) is 6.04 Å². The predicted molar refractivity (Wildman–Crippen MR) is 105 cm³/mol. The van der Waals surface area contributed by atoms with Gasteiger partial charge in [-0.25, -0.2) is 4.79 Å².